The van der Waals surface area contributed by atoms with Crippen LogP contribution in [0.3, 0.4) is 0 Å². The number of halogens is 4. The van der Waals surface area contributed by atoms with Crippen molar-refractivity contribution < 1.29 is 32.5 Å². The van der Waals surface area contributed by atoms with Gasteiger partial charge < -0.3 is 14.6 Å². The topological polar surface area (TPSA) is 59.0 Å². The molecule has 0 radical (unpaired) electrons. The molecule has 0 amide bonds. The largest absolute Gasteiger partial charge is 0.493 e. The molecule has 9 heteroatoms. The van der Waals surface area contributed by atoms with Crippen molar-refractivity contribution in [2.75, 3.05) is 20.2 Å². The van der Waals surface area contributed by atoms with Gasteiger partial charge in [0.05, 0.1) is 29.7 Å². The first-order valence-corrected chi connectivity index (χ1v) is 12.2. The van der Waals surface area contributed by atoms with E-state index in [1.807, 2.05) is 35.2 Å². The second-order valence-corrected chi connectivity index (χ2v) is 9.38. The Balaban J connectivity index is 1.69. The second-order valence-electron chi connectivity index (χ2n) is 8.97. The lowest BCUT2D eigenvalue weighted by atomic mass is 9.90. The van der Waals surface area contributed by atoms with Crippen LogP contribution in [0.1, 0.15) is 41.1 Å². The number of carboxylic acid groups (broad SMARTS) is 1. The van der Waals surface area contributed by atoms with Crippen molar-refractivity contribution in [3.8, 4) is 11.5 Å². The van der Waals surface area contributed by atoms with Gasteiger partial charge in [-0.2, -0.15) is 13.2 Å². The Hall–Kier alpha value is -3.23. The van der Waals surface area contributed by atoms with Gasteiger partial charge in [-0.05, 0) is 66.9 Å². The molecule has 3 aromatic carbocycles. The van der Waals surface area contributed by atoms with Crippen LogP contribution in [0, 0.1) is 5.92 Å². The molecule has 1 saturated heterocycles. The molecule has 0 saturated carbocycles. The third-order valence-electron chi connectivity index (χ3n) is 6.60. The van der Waals surface area contributed by atoms with Crippen LogP contribution < -0.4 is 9.47 Å². The highest BCUT2D eigenvalue weighted by molar-refractivity contribution is 6.31. The Kier molecular flexibility index (Phi) is 8.29. The zero-order chi connectivity index (χ0) is 26.6. The minimum atomic E-state index is -4.61. The summed E-state index contributed by atoms with van der Waals surface area (Å²) in [7, 11) is 1.51. The van der Waals surface area contributed by atoms with Gasteiger partial charge in [0, 0.05) is 0 Å². The lowest BCUT2D eigenvalue weighted by molar-refractivity contribution is -0.143. The number of ether oxygens (including phenoxy) is 2. The number of carbonyl (C=O) groups is 1. The van der Waals surface area contributed by atoms with E-state index in [0.717, 1.165) is 11.6 Å². The van der Waals surface area contributed by atoms with Gasteiger partial charge >= 0.3 is 12.1 Å². The van der Waals surface area contributed by atoms with E-state index in [0.29, 0.717) is 55.2 Å². The molecule has 0 aliphatic carbocycles. The smallest absolute Gasteiger partial charge is 0.417 e. The van der Waals surface area contributed by atoms with Crippen LogP contribution in [-0.2, 0) is 17.6 Å². The number of nitrogens with zero attached hydrogens (tertiary/aromatic N) is 1. The number of aliphatic carboxylic acids is 1. The van der Waals surface area contributed by atoms with E-state index in [4.69, 9.17) is 21.1 Å². The number of rotatable bonds is 8. The van der Waals surface area contributed by atoms with E-state index < -0.39 is 29.7 Å². The molecule has 1 heterocycles. The van der Waals surface area contributed by atoms with E-state index in [9.17, 15) is 23.1 Å². The van der Waals surface area contributed by atoms with Gasteiger partial charge in [-0.3, -0.25) is 9.69 Å². The fourth-order valence-corrected chi connectivity index (χ4v) is 4.88. The van der Waals surface area contributed by atoms with Gasteiger partial charge in [0.2, 0.25) is 0 Å². The fourth-order valence-electron chi connectivity index (χ4n) is 4.66. The molecule has 0 spiro atoms. The average molecular weight is 534 g/mol. The molecule has 3 aromatic rings. The lowest BCUT2D eigenvalue weighted by Crippen LogP contribution is -2.39. The number of alkyl halides is 3. The van der Waals surface area contributed by atoms with Crippen LogP contribution in [0.25, 0.3) is 0 Å². The average Bonchev–Trinajstić information content (AvgIpc) is 2.89. The first kappa shape index (κ1) is 26.8. The first-order chi connectivity index (χ1) is 17.7. The maximum Gasteiger partial charge on any atom is 0.417 e. The third-order valence-corrected chi connectivity index (χ3v) is 6.93. The summed E-state index contributed by atoms with van der Waals surface area (Å²) in [6.07, 6.45) is -3.80. The number of methoxy groups -OCH3 is 1. The van der Waals surface area contributed by atoms with E-state index in [2.05, 4.69) is 0 Å². The maximum absolute atomic E-state index is 13.7. The van der Waals surface area contributed by atoms with Gasteiger partial charge in [0.1, 0.15) is 6.61 Å². The monoisotopic (exact) mass is 533 g/mol. The summed E-state index contributed by atoms with van der Waals surface area (Å²) in [6, 6.07) is 18.3. The predicted octanol–water partition coefficient (Wildman–Crippen LogP) is 6.83. The molecule has 5 nitrogen and oxygen atoms in total. The van der Waals surface area contributed by atoms with Crippen molar-refractivity contribution in [2.45, 2.75) is 31.7 Å². The van der Waals surface area contributed by atoms with Crippen molar-refractivity contribution >= 4 is 17.6 Å². The van der Waals surface area contributed by atoms with E-state index in [-0.39, 0.29) is 5.02 Å². The molecule has 0 bridgehead atoms. The quantitative estimate of drug-likeness (QED) is 0.344. The summed E-state index contributed by atoms with van der Waals surface area (Å²) in [6.45, 7) is 1.16. The standard InChI is InChI=1S/C28H27ClF3NO4/c1-36-25-16-21(8-10-24(25)37-17-18-5-3-2-4-6-18)26(33-13-11-19(12-14-33)27(34)35)20-7-9-23(29)22(15-20)28(30,31)32/h2-10,15-16,19,26H,11-14,17H2,1H3,(H,34,35). The zero-order valence-electron chi connectivity index (χ0n) is 20.2. The minimum Gasteiger partial charge on any atom is -0.493 e. The number of hydrogen-bond acceptors (Lipinski definition) is 4. The molecular formula is C28H27ClF3NO4. The van der Waals surface area contributed by atoms with Gasteiger partial charge in [-0.15, -0.1) is 0 Å². The summed E-state index contributed by atoms with van der Waals surface area (Å²) >= 11 is 5.89. The summed E-state index contributed by atoms with van der Waals surface area (Å²) in [4.78, 5) is 13.5. The molecule has 1 fully saturated rings. The van der Waals surface area contributed by atoms with Crippen molar-refractivity contribution in [2.24, 2.45) is 5.92 Å². The van der Waals surface area contributed by atoms with Crippen LogP contribution in [0.2, 0.25) is 5.02 Å². The Morgan fingerprint density at radius 1 is 1.03 bits per heavy atom. The molecule has 4 rings (SSSR count). The van der Waals surface area contributed by atoms with Crippen LogP contribution in [0.15, 0.2) is 66.7 Å². The third kappa shape index (κ3) is 6.37. The number of carboxylic acids is 1. The summed E-state index contributed by atoms with van der Waals surface area (Å²) in [5, 5.41) is 9.02. The molecular weight excluding hydrogens is 507 g/mol. The van der Waals surface area contributed by atoms with Crippen molar-refractivity contribution in [1.29, 1.82) is 0 Å². The molecule has 0 aromatic heterocycles. The highest BCUT2D eigenvalue weighted by Crippen LogP contribution is 2.41. The van der Waals surface area contributed by atoms with Crippen molar-refractivity contribution in [3.63, 3.8) is 0 Å². The number of likely N-dealkylation sites (tertiary alicyclic amines) is 1. The summed E-state index contributed by atoms with van der Waals surface area (Å²) in [5.74, 6) is -0.380. The Morgan fingerprint density at radius 2 is 1.68 bits per heavy atom. The molecule has 1 N–H and O–H groups in total. The summed E-state index contributed by atoms with van der Waals surface area (Å²) < 4.78 is 52.5. The number of benzene rings is 3. The predicted molar refractivity (Wildman–Crippen MR) is 134 cm³/mol. The number of piperidine rings is 1. The van der Waals surface area contributed by atoms with Gasteiger partial charge in [0.25, 0.3) is 0 Å². The normalized spacial score (nSPS) is 15.8. The minimum absolute atomic E-state index is 0.328. The fraction of sp³-hybridized carbons (Fsp3) is 0.321. The SMILES string of the molecule is COc1cc(C(c2ccc(Cl)c(C(F)(F)F)c2)N2CCC(C(=O)O)CC2)ccc1OCc1ccccc1. The van der Waals surface area contributed by atoms with Crippen LogP contribution in [0.4, 0.5) is 13.2 Å². The highest BCUT2D eigenvalue weighted by atomic mass is 35.5. The van der Waals surface area contributed by atoms with E-state index in [1.54, 1.807) is 24.3 Å². The second kappa shape index (κ2) is 11.4. The molecule has 1 atom stereocenters. The summed E-state index contributed by atoms with van der Waals surface area (Å²) in [5.41, 5.74) is 1.18. The zero-order valence-corrected chi connectivity index (χ0v) is 20.9. The van der Waals surface area contributed by atoms with Crippen LogP contribution in [-0.4, -0.2) is 36.2 Å². The van der Waals surface area contributed by atoms with E-state index in [1.165, 1.54) is 13.2 Å². The lowest BCUT2D eigenvalue weighted by Gasteiger charge is -2.37. The Bertz CT molecular complexity index is 1230. The van der Waals surface area contributed by atoms with Crippen molar-refractivity contribution in [3.05, 3.63) is 94.0 Å². The molecule has 1 unspecified atom stereocenters. The van der Waals surface area contributed by atoms with Gasteiger partial charge in [-0.1, -0.05) is 54.1 Å². The van der Waals surface area contributed by atoms with Crippen molar-refractivity contribution in [1.82, 2.24) is 4.90 Å². The molecule has 1 aliphatic rings. The Labute approximate surface area is 218 Å². The van der Waals surface area contributed by atoms with E-state index >= 15 is 0 Å². The molecule has 37 heavy (non-hydrogen) atoms. The highest BCUT2D eigenvalue weighted by Gasteiger charge is 2.36. The number of hydrogen-bond donors (Lipinski definition) is 1. The van der Waals surface area contributed by atoms with Crippen LogP contribution in [0.5, 0.6) is 11.5 Å². The Morgan fingerprint density at radius 3 is 2.30 bits per heavy atom. The van der Waals surface area contributed by atoms with Crippen LogP contribution >= 0.6 is 11.6 Å². The first-order valence-electron chi connectivity index (χ1n) is 11.9. The maximum atomic E-state index is 13.7. The van der Waals surface area contributed by atoms with Gasteiger partial charge in [0.15, 0.2) is 11.5 Å². The van der Waals surface area contributed by atoms with Gasteiger partial charge in [-0.25, -0.2) is 0 Å². The molecule has 196 valence electrons. The molecule has 1 aliphatic heterocycles.